The number of para-hydroxylation sites is 1. The first-order chi connectivity index (χ1) is 10.1. The maximum Gasteiger partial charge on any atom is 0.265 e. The van der Waals surface area contributed by atoms with Crippen LogP contribution in [0.1, 0.15) is 25.6 Å². The van der Waals surface area contributed by atoms with Crippen molar-refractivity contribution in [1.82, 2.24) is 9.55 Å². The van der Waals surface area contributed by atoms with E-state index < -0.39 is 0 Å². The molecule has 0 bridgehead atoms. The number of rotatable bonds is 2. The summed E-state index contributed by atoms with van der Waals surface area (Å²) in [5.74, 6) is 0.960. The van der Waals surface area contributed by atoms with Crippen LogP contribution in [-0.2, 0) is 0 Å². The molecule has 0 unspecified atom stereocenters. The molecule has 1 heterocycles. The second kappa shape index (κ2) is 5.60. The Kier molecular flexibility index (Phi) is 3.80. The van der Waals surface area contributed by atoms with Crippen molar-refractivity contribution in [2.75, 3.05) is 0 Å². The van der Waals surface area contributed by atoms with Gasteiger partial charge in [0.15, 0.2) is 0 Å². The van der Waals surface area contributed by atoms with E-state index in [-0.39, 0.29) is 11.5 Å². The fraction of sp³-hybridized carbons (Fsp3) is 0.176. The molecule has 3 rings (SSSR count). The topological polar surface area (TPSA) is 34.9 Å². The molecule has 0 atom stereocenters. The van der Waals surface area contributed by atoms with E-state index >= 15 is 0 Å². The van der Waals surface area contributed by atoms with Crippen molar-refractivity contribution < 1.29 is 0 Å². The van der Waals surface area contributed by atoms with E-state index in [1.54, 1.807) is 4.57 Å². The van der Waals surface area contributed by atoms with Crippen molar-refractivity contribution in [3.8, 4) is 5.69 Å². The molecule has 3 nitrogen and oxygen atoms in total. The van der Waals surface area contributed by atoms with E-state index in [1.165, 1.54) is 0 Å². The molecule has 2 aromatic carbocycles. The van der Waals surface area contributed by atoms with Gasteiger partial charge in [0.2, 0.25) is 0 Å². The zero-order valence-electron chi connectivity index (χ0n) is 11.9. The maximum absolute atomic E-state index is 12.9. The summed E-state index contributed by atoms with van der Waals surface area (Å²) in [4.78, 5) is 17.6. The Morgan fingerprint density at radius 3 is 2.38 bits per heavy atom. The molecular formula is C17H15IN2O. The summed E-state index contributed by atoms with van der Waals surface area (Å²) in [6.45, 7) is 4.11. The average molecular weight is 390 g/mol. The van der Waals surface area contributed by atoms with Crippen molar-refractivity contribution in [1.29, 1.82) is 0 Å². The molecular weight excluding hydrogens is 375 g/mol. The zero-order chi connectivity index (χ0) is 15.0. The van der Waals surface area contributed by atoms with E-state index in [4.69, 9.17) is 4.98 Å². The third-order valence-corrected chi connectivity index (χ3v) is 4.12. The van der Waals surface area contributed by atoms with Gasteiger partial charge in [-0.2, -0.15) is 0 Å². The van der Waals surface area contributed by atoms with Crippen LogP contribution in [0.15, 0.2) is 53.3 Å². The van der Waals surface area contributed by atoms with Crippen molar-refractivity contribution in [2.45, 2.75) is 19.8 Å². The highest BCUT2D eigenvalue weighted by Crippen LogP contribution is 2.19. The van der Waals surface area contributed by atoms with Crippen molar-refractivity contribution >= 4 is 33.5 Å². The van der Waals surface area contributed by atoms with Crippen LogP contribution in [0, 0.1) is 3.57 Å². The first-order valence-electron chi connectivity index (χ1n) is 6.85. The summed E-state index contributed by atoms with van der Waals surface area (Å²) in [6, 6.07) is 15.4. The zero-order valence-corrected chi connectivity index (χ0v) is 14.0. The number of benzene rings is 2. The summed E-state index contributed by atoms with van der Waals surface area (Å²) in [5.41, 5.74) is 1.61. The Labute approximate surface area is 136 Å². The van der Waals surface area contributed by atoms with Crippen LogP contribution in [0.2, 0.25) is 0 Å². The highest BCUT2D eigenvalue weighted by molar-refractivity contribution is 14.1. The Balaban J connectivity index is 2.39. The molecule has 1 aromatic heterocycles. The number of hydrogen-bond acceptors (Lipinski definition) is 2. The molecule has 0 saturated carbocycles. The molecule has 4 heteroatoms. The first kappa shape index (κ1) is 14.3. The molecule has 0 spiro atoms. The van der Waals surface area contributed by atoms with E-state index in [0.717, 1.165) is 20.6 Å². The quantitative estimate of drug-likeness (QED) is 0.618. The van der Waals surface area contributed by atoms with E-state index in [2.05, 4.69) is 36.4 Å². The highest BCUT2D eigenvalue weighted by atomic mass is 127. The fourth-order valence-corrected chi connectivity index (χ4v) is 2.74. The average Bonchev–Trinajstić information content (AvgIpc) is 2.48. The minimum Gasteiger partial charge on any atom is -0.268 e. The molecule has 106 valence electrons. The van der Waals surface area contributed by atoms with Gasteiger partial charge in [0.1, 0.15) is 5.82 Å². The summed E-state index contributed by atoms with van der Waals surface area (Å²) in [6.07, 6.45) is 0. The minimum absolute atomic E-state index is 0.00879. The van der Waals surface area contributed by atoms with Gasteiger partial charge in [-0.1, -0.05) is 26.0 Å². The number of halogens is 1. The van der Waals surface area contributed by atoms with Gasteiger partial charge in [-0.05, 0) is 59.0 Å². The van der Waals surface area contributed by atoms with Gasteiger partial charge >= 0.3 is 0 Å². The normalized spacial score (nSPS) is 11.2. The minimum atomic E-state index is -0.00879. The van der Waals surface area contributed by atoms with Gasteiger partial charge in [-0.25, -0.2) is 4.98 Å². The van der Waals surface area contributed by atoms with Crippen LogP contribution in [0.3, 0.4) is 0 Å². The van der Waals surface area contributed by atoms with E-state index in [0.29, 0.717) is 5.39 Å². The van der Waals surface area contributed by atoms with Crippen molar-refractivity contribution in [2.24, 2.45) is 0 Å². The van der Waals surface area contributed by atoms with Gasteiger partial charge in [-0.15, -0.1) is 0 Å². The third kappa shape index (κ3) is 2.60. The van der Waals surface area contributed by atoms with Gasteiger partial charge in [0.05, 0.1) is 16.6 Å². The van der Waals surface area contributed by atoms with Gasteiger partial charge in [0, 0.05) is 9.49 Å². The third-order valence-electron chi connectivity index (χ3n) is 3.40. The maximum atomic E-state index is 12.9. The fourth-order valence-electron chi connectivity index (χ4n) is 2.38. The molecule has 0 fully saturated rings. The molecule has 0 radical (unpaired) electrons. The summed E-state index contributed by atoms with van der Waals surface area (Å²) in [5, 5.41) is 0.653. The molecule has 0 N–H and O–H groups in total. The van der Waals surface area contributed by atoms with Crippen LogP contribution in [0.4, 0.5) is 0 Å². The second-order valence-electron chi connectivity index (χ2n) is 5.26. The van der Waals surface area contributed by atoms with Crippen molar-refractivity contribution in [3.63, 3.8) is 0 Å². The monoisotopic (exact) mass is 390 g/mol. The Hall–Kier alpha value is -1.69. The number of hydrogen-bond donors (Lipinski definition) is 0. The predicted octanol–water partition coefficient (Wildman–Crippen LogP) is 4.11. The smallest absolute Gasteiger partial charge is 0.265 e. The number of nitrogens with zero attached hydrogens (tertiary/aromatic N) is 2. The highest BCUT2D eigenvalue weighted by Gasteiger charge is 2.14. The van der Waals surface area contributed by atoms with Crippen molar-refractivity contribution in [3.05, 3.63) is 68.3 Å². The predicted molar refractivity (Wildman–Crippen MR) is 94.1 cm³/mol. The number of aromatic nitrogens is 2. The lowest BCUT2D eigenvalue weighted by atomic mass is 10.1. The van der Waals surface area contributed by atoms with Crippen LogP contribution in [-0.4, -0.2) is 9.55 Å². The number of fused-ring (bicyclic) bond motifs is 1. The summed E-state index contributed by atoms with van der Waals surface area (Å²) in [7, 11) is 0. The Bertz CT molecular complexity index is 851. The van der Waals surface area contributed by atoms with Gasteiger partial charge in [0.25, 0.3) is 5.56 Å². The van der Waals surface area contributed by atoms with Crippen LogP contribution >= 0.6 is 22.6 Å². The molecule has 0 aliphatic heterocycles. The van der Waals surface area contributed by atoms with Crippen LogP contribution in [0.25, 0.3) is 16.6 Å². The van der Waals surface area contributed by atoms with E-state index in [9.17, 15) is 4.79 Å². The molecule has 3 aromatic rings. The molecule has 0 aliphatic rings. The molecule has 21 heavy (non-hydrogen) atoms. The standard InChI is InChI=1S/C17H15IN2O/c1-11(2)16-19-15-6-4-3-5-14(15)17(21)20(16)13-9-7-12(18)8-10-13/h3-11H,1-2H3. The van der Waals surface area contributed by atoms with Crippen LogP contribution < -0.4 is 5.56 Å². The summed E-state index contributed by atoms with van der Waals surface area (Å²) >= 11 is 2.26. The first-order valence-corrected chi connectivity index (χ1v) is 7.93. The van der Waals surface area contributed by atoms with Crippen LogP contribution in [0.5, 0.6) is 0 Å². The van der Waals surface area contributed by atoms with Gasteiger partial charge in [-0.3, -0.25) is 9.36 Å². The summed E-state index contributed by atoms with van der Waals surface area (Å²) < 4.78 is 2.87. The van der Waals surface area contributed by atoms with E-state index in [1.807, 2.05) is 48.5 Å². The van der Waals surface area contributed by atoms with Gasteiger partial charge < -0.3 is 0 Å². The molecule has 0 aliphatic carbocycles. The SMILES string of the molecule is CC(C)c1nc2ccccc2c(=O)n1-c1ccc(I)cc1. The largest absolute Gasteiger partial charge is 0.268 e. The molecule has 0 amide bonds. The lowest BCUT2D eigenvalue weighted by Gasteiger charge is -2.16. The molecule has 0 saturated heterocycles. The Morgan fingerprint density at radius 2 is 1.71 bits per heavy atom. The lowest BCUT2D eigenvalue weighted by Crippen LogP contribution is -2.24. The Morgan fingerprint density at radius 1 is 1.05 bits per heavy atom. The lowest BCUT2D eigenvalue weighted by molar-refractivity contribution is 0.723. The second-order valence-corrected chi connectivity index (χ2v) is 6.50.